The predicted molar refractivity (Wildman–Crippen MR) is 117 cm³/mol. The van der Waals surface area contributed by atoms with Gasteiger partial charge in [-0.1, -0.05) is 39.5 Å². The van der Waals surface area contributed by atoms with E-state index in [9.17, 15) is 18.0 Å². The number of carbonyl (C=O) groups is 2. The first-order chi connectivity index (χ1) is 14.3. The molecule has 1 aromatic carbocycles. The fourth-order valence-corrected chi connectivity index (χ4v) is 5.55. The first-order valence-electron chi connectivity index (χ1n) is 11.0. The largest absolute Gasteiger partial charge is 0.352 e. The van der Waals surface area contributed by atoms with Gasteiger partial charge in [-0.05, 0) is 55.4 Å². The van der Waals surface area contributed by atoms with Crippen molar-refractivity contribution in [3.8, 4) is 0 Å². The van der Waals surface area contributed by atoms with Gasteiger partial charge in [0.15, 0.2) is 0 Å². The summed E-state index contributed by atoms with van der Waals surface area (Å²) >= 11 is 0. The lowest BCUT2D eigenvalue weighted by Gasteiger charge is -2.25. The number of anilines is 1. The minimum atomic E-state index is -3.88. The molecule has 1 aromatic rings. The summed E-state index contributed by atoms with van der Waals surface area (Å²) in [5.74, 6) is -0.509. The average Bonchev–Trinajstić information content (AvgIpc) is 3.05. The van der Waals surface area contributed by atoms with Gasteiger partial charge in [-0.3, -0.25) is 9.59 Å². The molecule has 0 spiro atoms. The van der Waals surface area contributed by atoms with Crippen LogP contribution in [-0.4, -0.2) is 32.3 Å². The third-order valence-electron chi connectivity index (χ3n) is 5.94. The van der Waals surface area contributed by atoms with Gasteiger partial charge in [0.2, 0.25) is 21.8 Å². The SMILES string of the molecule is CC(C)[C@@H](NS(=O)(=O)c1ccc2c(c1)CCCC(=O)N2)C(=O)NC1CCCCCC1. The van der Waals surface area contributed by atoms with E-state index >= 15 is 0 Å². The summed E-state index contributed by atoms with van der Waals surface area (Å²) in [4.78, 5) is 24.7. The molecule has 1 aliphatic carbocycles. The van der Waals surface area contributed by atoms with Gasteiger partial charge in [0.05, 0.1) is 4.90 Å². The maximum Gasteiger partial charge on any atom is 0.241 e. The van der Waals surface area contributed by atoms with Crippen molar-refractivity contribution in [2.24, 2.45) is 5.92 Å². The quantitative estimate of drug-likeness (QED) is 0.597. The number of fused-ring (bicyclic) bond motifs is 1. The van der Waals surface area contributed by atoms with Crippen LogP contribution in [0, 0.1) is 5.92 Å². The van der Waals surface area contributed by atoms with E-state index in [0.29, 0.717) is 24.9 Å². The van der Waals surface area contributed by atoms with Gasteiger partial charge in [-0.25, -0.2) is 8.42 Å². The lowest BCUT2D eigenvalue weighted by molar-refractivity contribution is -0.124. The Labute approximate surface area is 179 Å². The number of nitrogens with one attached hydrogen (secondary N) is 3. The highest BCUT2D eigenvalue weighted by Crippen LogP contribution is 2.25. The number of aryl methyl sites for hydroxylation is 1. The Hall–Kier alpha value is -1.93. The molecular formula is C22H33N3O4S. The number of benzene rings is 1. The van der Waals surface area contributed by atoms with E-state index in [1.54, 1.807) is 12.1 Å². The van der Waals surface area contributed by atoms with Gasteiger partial charge in [-0.2, -0.15) is 4.72 Å². The van der Waals surface area contributed by atoms with Gasteiger partial charge >= 0.3 is 0 Å². The second-order valence-corrected chi connectivity index (χ2v) is 10.5. The molecule has 2 aliphatic rings. The van der Waals surface area contributed by atoms with Gasteiger partial charge in [0.1, 0.15) is 6.04 Å². The molecular weight excluding hydrogens is 402 g/mol. The van der Waals surface area contributed by atoms with Crippen LogP contribution >= 0.6 is 0 Å². The fourth-order valence-electron chi connectivity index (χ4n) is 4.16. The lowest BCUT2D eigenvalue weighted by atomic mass is 10.0. The monoisotopic (exact) mass is 435 g/mol. The summed E-state index contributed by atoms with van der Waals surface area (Å²) in [6.45, 7) is 3.68. The third-order valence-corrected chi connectivity index (χ3v) is 7.38. The van der Waals surface area contributed by atoms with Crippen LogP contribution in [0.2, 0.25) is 0 Å². The summed E-state index contributed by atoms with van der Waals surface area (Å²) in [6.07, 6.45) is 8.17. The summed E-state index contributed by atoms with van der Waals surface area (Å²) in [5.41, 5.74) is 1.45. The Morgan fingerprint density at radius 1 is 1.07 bits per heavy atom. The van der Waals surface area contributed by atoms with Gasteiger partial charge in [-0.15, -0.1) is 0 Å². The van der Waals surface area contributed by atoms with Crippen molar-refractivity contribution < 1.29 is 18.0 Å². The Bertz CT molecular complexity index is 874. The molecule has 3 rings (SSSR count). The summed E-state index contributed by atoms with van der Waals surface area (Å²) < 4.78 is 28.7. The van der Waals surface area contributed by atoms with Crippen LogP contribution in [0.1, 0.15) is 70.8 Å². The molecule has 0 unspecified atom stereocenters. The molecule has 1 atom stereocenters. The molecule has 1 heterocycles. The maximum atomic E-state index is 13.1. The third kappa shape index (κ3) is 5.82. The van der Waals surface area contributed by atoms with Crippen LogP contribution in [0.15, 0.2) is 23.1 Å². The van der Waals surface area contributed by atoms with Crippen molar-refractivity contribution in [3.63, 3.8) is 0 Å². The predicted octanol–water partition coefficient (Wildman–Crippen LogP) is 3.10. The van der Waals surface area contributed by atoms with Crippen molar-refractivity contribution in [2.75, 3.05) is 5.32 Å². The highest BCUT2D eigenvalue weighted by molar-refractivity contribution is 7.89. The number of carbonyl (C=O) groups excluding carboxylic acids is 2. The molecule has 1 saturated carbocycles. The van der Waals surface area contributed by atoms with E-state index in [1.807, 2.05) is 13.8 Å². The first kappa shape index (κ1) is 22.7. The number of sulfonamides is 1. The normalized spacial score (nSPS) is 19.4. The Morgan fingerprint density at radius 3 is 2.43 bits per heavy atom. The Kier molecular flexibility index (Phi) is 7.52. The van der Waals surface area contributed by atoms with E-state index in [4.69, 9.17) is 0 Å². The van der Waals surface area contributed by atoms with Crippen LogP contribution < -0.4 is 15.4 Å². The van der Waals surface area contributed by atoms with E-state index in [2.05, 4.69) is 15.4 Å². The second-order valence-electron chi connectivity index (χ2n) is 8.76. The van der Waals surface area contributed by atoms with Crippen molar-refractivity contribution >= 4 is 27.5 Å². The molecule has 0 saturated heterocycles. The van der Waals surface area contributed by atoms with E-state index in [0.717, 1.165) is 31.2 Å². The number of hydrogen-bond donors (Lipinski definition) is 3. The van der Waals surface area contributed by atoms with Crippen LogP contribution in [0.25, 0.3) is 0 Å². The van der Waals surface area contributed by atoms with Crippen molar-refractivity contribution in [3.05, 3.63) is 23.8 Å². The van der Waals surface area contributed by atoms with Gasteiger partial charge in [0.25, 0.3) is 0 Å². The second kappa shape index (κ2) is 9.92. The summed E-state index contributed by atoms with van der Waals surface area (Å²) in [6, 6.07) is 3.99. The molecule has 7 nitrogen and oxygen atoms in total. The average molecular weight is 436 g/mol. The Morgan fingerprint density at radius 2 is 1.77 bits per heavy atom. The highest BCUT2D eigenvalue weighted by Gasteiger charge is 2.30. The lowest BCUT2D eigenvalue weighted by Crippen LogP contribution is -2.51. The fraction of sp³-hybridized carbons (Fsp3) is 0.636. The van der Waals surface area contributed by atoms with Crippen molar-refractivity contribution in [2.45, 2.75) is 88.6 Å². The van der Waals surface area contributed by atoms with Gasteiger partial charge in [0, 0.05) is 18.2 Å². The zero-order valence-corrected chi connectivity index (χ0v) is 18.7. The first-order valence-corrected chi connectivity index (χ1v) is 12.5. The zero-order chi connectivity index (χ0) is 21.7. The maximum absolute atomic E-state index is 13.1. The number of amides is 2. The standard InChI is InChI=1S/C22H33N3O4S/c1-15(2)21(22(27)23-17-9-5-3-4-6-10-17)25-30(28,29)18-12-13-19-16(14-18)8-7-11-20(26)24-19/h12-15,17,21,25H,3-11H2,1-2H3,(H,23,27)(H,24,26)/t21-/m1/s1. The molecule has 30 heavy (non-hydrogen) atoms. The topological polar surface area (TPSA) is 104 Å². The smallest absolute Gasteiger partial charge is 0.241 e. The zero-order valence-electron chi connectivity index (χ0n) is 17.9. The van der Waals surface area contributed by atoms with Crippen LogP contribution in [0.4, 0.5) is 5.69 Å². The van der Waals surface area contributed by atoms with Gasteiger partial charge < -0.3 is 10.6 Å². The van der Waals surface area contributed by atoms with Crippen molar-refractivity contribution in [1.82, 2.24) is 10.0 Å². The molecule has 2 amide bonds. The molecule has 166 valence electrons. The number of hydrogen-bond acceptors (Lipinski definition) is 4. The molecule has 1 fully saturated rings. The highest BCUT2D eigenvalue weighted by atomic mass is 32.2. The van der Waals surface area contributed by atoms with Crippen molar-refractivity contribution in [1.29, 1.82) is 0 Å². The molecule has 8 heteroatoms. The van der Waals surface area contributed by atoms with Crippen LogP contribution in [-0.2, 0) is 26.0 Å². The molecule has 0 radical (unpaired) electrons. The van der Waals surface area contributed by atoms with Crippen LogP contribution in [0.5, 0.6) is 0 Å². The Balaban J connectivity index is 1.74. The van der Waals surface area contributed by atoms with E-state index in [1.165, 1.54) is 18.9 Å². The molecule has 1 aliphatic heterocycles. The van der Waals surface area contributed by atoms with E-state index < -0.39 is 16.1 Å². The summed E-state index contributed by atoms with van der Waals surface area (Å²) in [7, 11) is -3.88. The minimum Gasteiger partial charge on any atom is -0.352 e. The minimum absolute atomic E-state index is 0.0578. The molecule has 0 aromatic heterocycles. The molecule has 0 bridgehead atoms. The van der Waals surface area contributed by atoms with Crippen LogP contribution in [0.3, 0.4) is 0 Å². The van der Waals surface area contributed by atoms with E-state index in [-0.39, 0.29) is 28.7 Å². The summed E-state index contributed by atoms with van der Waals surface area (Å²) in [5, 5.41) is 5.87. The molecule has 3 N–H and O–H groups in total. The number of rotatable bonds is 6.